The van der Waals surface area contributed by atoms with Gasteiger partial charge in [0, 0.05) is 38.4 Å². The Morgan fingerprint density at radius 3 is 2.61 bits per heavy atom. The van der Waals surface area contributed by atoms with Gasteiger partial charge in [0.15, 0.2) is 11.6 Å². The number of pyridine rings is 1. The molecule has 0 amide bonds. The molecule has 3 rings (SSSR count). The third-order valence-electron chi connectivity index (χ3n) is 4.18. The summed E-state index contributed by atoms with van der Waals surface area (Å²) in [6.45, 7) is 4.43. The van der Waals surface area contributed by atoms with Crippen molar-refractivity contribution < 1.29 is 4.74 Å². The standard InChI is InChI=1S/C14H21N3O/c1-18-13-6-3-7-15-14(13)17-10-8-16(9-11-17)12-4-2-5-12/h3,6-7,12H,2,4-5,8-11H2,1H3. The van der Waals surface area contributed by atoms with Gasteiger partial charge in [0.05, 0.1) is 7.11 Å². The van der Waals surface area contributed by atoms with Gasteiger partial charge < -0.3 is 9.64 Å². The van der Waals surface area contributed by atoms with E-state index in [-0.39, 0.29) is 0 Å². The average molecular weight is 247 g/mol. The summed E-state index contributed by atoms with van der Waals surface area (Å²) in [7, 11) is 1.71. The summed E-state index contributed by atoms with van der Waals surface area (Å²) in [5.41, 5.74) is 0. The van der Waals surface area contributed by atoms with Crippen molar-refractivity contribution in [2.45, 2.75) is 25.3 Å². The van der Waals surface area contributed by atoms with Gasteiger partial charge in [-0.25, -0.2) is 4.98 Å². The molecule has 1 saturated heterocycles. The summed E-state index contributed by atoms with van der Waals surface area (Å²) in [6, 6.07) is 4.77. The molecule has 4 heteroatoms. The summed E-state index contributed by atoms with van der Waals surface area (Å²) in [5.74, 6) is 1.88. The summed E-state index contributed by atoms with van der Waals surface area (Å²) in [4.78, 5) is 9.44. The van der Waals surface area contributed by atoms with Gasteiger partial charge in [-0.2, -0.15) is 0 Å². The van der Waals surface area contributed by atoms with Gasteiger partial charge in [0.25, 0.3) is 0 Å². The Hall–Kier alpha value is -1.29. The second-order valence-corrected chi connectivity index (χ2v) is 5.14. The van der Waals surface area contributed by atoms with Crippen molar-refractivity contribution in [3.05, 3.63) is 18.3 Å². The Labute approximate surface area is 109 Å². The highest BCUT2D eigenvalue weighted by atomic mass is 16.5. The zero-order valence-corrected chi connectivity index (χ0v) is 11.0. The number of ether oxygens (including phenoxy) is 1. The predicted octanol–water partition coefficient (Wildman–Crippen LogP) is 1.76. The smallest absolute Gasteiger partial charge is 0.171 e. The van der Waals surface area contributed by atoms with Gasteiger partial charge in [0.1, 0.15) is 0 Å². The van der Waals surface area contributed by atoms with E-state index in [2.05, 4.69) is 14.8 Å². The molecule has 0 spiro atoms. The molecule has 0 bridgehead atoms. The van der Waals surface area contributed by atoms with Gasteiger partial charge in [-0.1, -0.05) is 6.42 Å². The number of methoxy groups -OCH3 is 1. The third-order valence-corrected chi connectivity index (χ3v) is 4.18. The number of piperazine rings is 1. The first-order valence-electron chi connectivity index (χ1n) is 6.86. The van der Waals surface area contributed by atoms with E-state index in [9.17, 15) is 0 Å². The summed E-state index contributed by atoms with van der Waals surface area (Å²) in [6.07, 6.45) is 6.05. The lowest BCUT2D eigenvalue weighted by molar-refractivity contribution is 0.120. The van der Waals surface area contributed by atoms with Crippen LogP contribution in [0.3, 0.4) is 0 Å². The van der Waals surface area contributed by atoms with Gasteiger partial charge in [0.2, 0.25) is 0 Å². The van der Waals surface area contributed by atoms with E-state index in [4.69, 9.17) is 4.74 Å². The highest BCUT2D eigenvalue weighted by molar-refractivity contribution is 5.52. The third kappa shape index (κ3) is 2.17. The lowest BCUT2D eigenvalue weighted by atomic mass is 9.91. The predicted molar refractivity (Wildman–Crippen MR) is 72.2 cm³/mol. The number of rotatable bonds is 3. The Kier molecular flexibility index (Phi) is 3.37. The highest BCUT2D eigenvalue weighted by Gasteiger charge is 2.28. The Bertz CT molecular complexity index is 398. The normalized spacial score (nSPS) is 21.7. The fourth-order valence-corrected chi connectivity index (χ4v) is 2.83. The lowest BCUT2D eigenvalue weighted by Gasteiger charge is -2.43. The first-order valence-corrected chi connectivity index (χ1v) is 6.86. The number of hydrogen-bond acceptors (Lipinski definition) is 4. The maximum atomic E-state index is 5.39. The van der Waals surface area contributed by atoms with Crippen LogP contribution in [-0.4, -0.2) is 49.2 Å². The molecule has 1 aliphatic carbocycles. The quantitative estimate of drug-likeness (QED) is 0.814. The zero-order chi connectivity index (χ0) is 12.4. The number of aromatic nitrogens is 1. The number of nitrogens with zero attached hydrogens (tertiary/aromatic N) is 3. The minimum absolute atomic E-state index is 0.859. The van der Waals surface area contributed by atoms with E-state index in [0.717, 1.165) is 43.8 Å². The van der Waals surface area contributed by atoms with Crippen LogP contribution in [0.2, 0.25) is 0 Å². The fourth-order valence-electron chi connectivity index (χ4n) is 2.83. The molecule has 2 aliphatic rings. The van der Waals surface area contributed by atoms with Gasteiger partial charge >= 0.3 is 0 Å². The van der Waals surface area contributed by atoms with E-state index >= 15 is 0 Å². The average Bonchev–Trinajstić information content (AvgIpc) is 2.38. The van der Waals surface area contributed by atoms with Crippen molar-refractivity contribution in [2.24, 2.45) is 0 Å². The molecule has 2 heterocycles. The van der Waals surface area contributed by atoms with Crippen LogP contribution < -0.4 is 9.64 Å². The molecular weight excluding hydrogens is 226 g/mol. The SMILES string of the molecule is COc1cccnc1N1CCN(C2CCC2)CC1. The van der Waals surface area contributed by atoms with Crippen molar-refractivity contribution >= 4 is 5.82 Å². The molecule has 0 atom stereocenters. The Morgan fingerprint density at radius 1 is 1.22 bits per heavy atom. The molecule has 18 heavy (non-hydrogen) atoms. The van der Waals surface area contributed by atoms with Crippen molar-refractivity contribution in [3.63, 3.8) is 0 Å². The van der Waals surface area contributed by atoms with E-state index in [1.807, 2.05) is 18.3 Å². The molecule has 0 radical (unpaired) electrons. The summed E-state index contributed by atoms with van der Waals surface area (Å²) < 4.78 is 5.39. The van der Waals surface area contributed by atoms with Crippen LogP contribution in [0.1, 0.15) is 19.3 Å². The highest BCUT2D eigenvalue weighted by Crippen LogP contribution is 2.29. The molecule has 4 nitrogen and oxygen atoms in total. The second kappa shape index (κ2) is 5.14. The molecular formula is C14H21N3O. The minimum atomic E-state index is 0.859. The monoisotopic (exact) mass is 247 g/mol. The number of anilines is 1. The van der Waals surface area contributed by atoms with E-state index in [1.54, 1.807) is 7.11 Å². The van der Waals surface area contributed by atoms with Crippen LogP contribution in [0.15, 0.2) is 18.3 Å². The fraction of sp³-hybridized carbons (Fsp3) is 0.643. The molecule has 1 saturated carbocycles. The zero-order valence-electron chi connectivity index (χ0n) is 11.0. The maximum absolute atomic E-state index is 5.39. The minimum Gasteiger partial charge on any atom is -0.493 e. The molecule has 0 aromatic carbocycles. The van der Waals surface area contributed by atoms with E-state index < -0.39 is 0 Å². The van der Waals surface area contributed by atoms with Gasteiger partial charge in [-0.05, 0) is 25.0 Å². The van der Waals surface area contributed by atoms with Crippen molar-refractivity contribution in [1.82, 2.24) is 9.88 Å². The van der Waals surface area contributed by atoms with Gasteiger partial charge in [-0.15, -0.1) is 0 Å². The number of hydrogen-bond donors (Lipinski definition) is 0. The van der Waals surface area contributed by atoms with Gasteiger partial charge in [-0.3, -0.25) is 4.90 Å². The molecule has 1 aromatic rings. The molecule has 1 aliphatic heterocycles. The molecule has 2 fully saturated rings. The second-order valence-electron chi connectivity index (χ2n) is 5.14. The first kappa shape index (κ1) is 11.8. The van der Waals surface area contributed by atoms with Crippen LogP contribution in [0, 0.1) is 0 Å². The lowest BCUT2D eigenvalue weighted by Crippen LogP contribution is -2.52. The topological polar surface area (TPSA) is 28.6 Å². The Morgan fingerprint density at radius 2 is 2.00 bits per heavy atom. The first-order chi connectivity index (χ1) is 8.88. The van der Waals surface area contributed by atoms with Crippen LogP contribution in [0.4, 0.5) is 5.82 Å². The van der Waals surface area contributed by atoms with Crippen molar-refractivity contribution in [1.29, 1.82) is 0 Å². The van der Waals surface area contributed by atoms with Crippen molar-refractivity contribution in [2.75, 3.05) is 38.2 Å². The molecule has 98 valence electrons. The van der Waals surface area contributed by atoms with Crippen LogP contribution >= 0.6 is 0 Å². The Balaban J connectivity index is 1.64. The molecule has 1 aromatic heterocycles. The van der Waals surface area contributed by atoms with Crippen LogP contribution in [-0.2, 0) is 0 Å². The molecule has 0 unspecified atom stereocenters. The largest absolute Gasteiger partial charge is 0.493 e. The van der Waals surface area contributed by atoms with Crippen LogP contribution in [0.25, 0.3) is 0 Å². The van der Waals surface area contributed by atoms with Crippen LogP contribution in [0.5, 0.6) is 5.75 Å². The molecule has 0 N–H and O–H groups in total. The van der Waals surface area contributed by atoms with E-state index in [1.165, 1.54) is 19.3 Å². The maximum Gasteiger partial charge on any atom is 0.171 e. The van der Waals surface area contributed by atoms with Crippen molar-refractivity contribution in [3.8, 4) is 5.75 Å². The summed E-state index contributed by atoms with van der Waals surface area (Å²) in [5, 5.41) is 0. The summed E-state index contributed by atoms with van der Waals surface area (Å²) >= 11 is 0. The van der Waals surface area contributed by atoms with E-state index in [0.29, 0.717) is 0 Å².